The van der Waals surface area contributed by atoms with Gasteiger partial charge in [0, 0.05) is 25.3 Å². The molecule has 1 saturated heterocycles. The van der Waals surface area contributed by atoms with E-state index in [-0.39, 0.29) is 11.8 Å². The minimum Gasteiger partial charge on any atom is -0.392 e. The lowest BCUT2D eigenvalue weighted by Gasteiger charge is -2.19. The van der Waals surface area contributed by atoms with Gasteiger partial charge in [0.25, 0.3) is 0 Å². The van der Waals surface area contributed by atoms with Gasteiger partial charge < -0.3 is 15.7 Å². The maximum Gasteiger partial charge on any atom is 0.223 e. The Bertz CT molecular complexity index is 165. The van der Waals surface area contributed by atoms with E-state index in [1.54, 1.807) is 6.92 Å². The lowest BCUT2D eigenvalue weighted by atomic mass is 9.97. The quantitative estimate of drug-likeness (QED) is 0.501. The summed E-state index contributed by atoms with van der Waals surface area (Å²) in [6, 6.07) is 0. The Morgan fingerprint density at radius 3 is 2.77 bits per heavy atom. The highest BCUT2D eigenvalue weighted by molar-refractivity contribution is 5.78. The van der Waals surface area contributed by atoms with Crippen LogP contribution in [0.3, 0.4) is 0 Å². The third-order valence-electron chi connectivity index (χ3n) is 2.38. The average Bonchev–Trinajstić information content (AvgIpc) is 2.15. The molecule has 0 aliphatic carbocycles. The Kier molecular flexibility index (Phi) is 4.18. The molecule has 4 heteroatoms. The molecule has 1 heterocycles. The first-order valence-corrected chi connectivity index (χ1v) is 4.97. The highest BCUT2D eigenvalue weighted by Gasteiger charge is 2.22. The summed E-state index contributed by atoms with van der Waals surface area (Å²) in [7, 11) is 0. The minimum atomic E-state index is -0.445. The number of amides is 1. The summed E-state index contributed by atoms with van der Waals surface area (Å²) < 4.78 is 0. The molecule has 4 nitrogen and oxygen atoms in total. The van der Waals surface area contributed by atoms with Crippen molar-refractivity contribution >= 4 is 5.91 Å². The third kappa shape index (κ3) is 3.74. The molecule has 1 aliphatic heterocycles. The first-order chi connectivity index (χ1) is 6.20. The first-order valence-electron chi connectivity index (χ1n) is 4.97. The number of quaternary nitrogens is 1. The number of hydrogen-bond acceptors (Lipinski definition) is 2. The van der Waals surface area contributed by atoms with E-state index in [4.69, 9.17) is 5.11 Å². The molecule has 0 radical (unpaired) electrons. The van der Waals surface area contributed by atoms with Crippen LogP contribution < -0.4 is 10.6 Å². The van der Waals surface area contributed by atoms with Crippen LogP contribution in [0, 0.1) is 5.92 Å². The van der Waals surface area contributed by atoms with E-state index in [0.29, 0.717) is 6.54 Å². The number of piperidine rings is 1. The van der Waals surface area contributed by atoms with Crippen molar-refractivity contribution in [1.29, 1.82) is 0 Å². The lowest BCUT2D eigenvalue weighted by molar-refractivity contribution is -0.664. The zero-order chi connectivity index (χ0) is 9.68. The number of rotatable bonds is 3. The lowest BCUT2D eigenvalue weighted by Crippen LogP contribution is -2.86. The van der Waals surface area contributed by atoms with E-state index in [1.807, 2.05) is 0 Å². The molecule has 0 spiro atoms. The van der Waals surface area contributed by atoms with Gasteiger partial charge in [-0.15, -0.1) is 0 Å². The van der Waals surface area contributed by atoms with Crippen LogP contribution in [0.25, 0.3) is 0 Å². The van der Waals surface area contributed by atoms with Crippen LogP contribution in [0.2, 0.25) is 0 Å². The Balaban J connectivity index is 2.21. The Morgan fingerprint density at radius 1 is 1.62 bits per heavy atom. The molecular weight excluding hydrogens is 168 g/mol. The monoisotopic (exact) mass is 187 g/mol. The smallest absolute Gasteiger partial charge is 0.223 e. The predicted octanol–water partition coefficient (Wildman–Crippen LogP) is -1.54. The minimum absolute atomic E-state index is 0.106. The van der Waals surface area contributed by atoms with Crippen molar-refractivity contribution in [3.63, 3.8) is 0 Å². The van der Waals surface area contributed by atoms with Crippen LogP contribution in [0.1, 0.15) is 19.8 Å². The molecule has 1 atom stereocenters. The SMILES string of the molecule is C[C@@H](O)CNC(=O)C1CC[NH2+]CC1. The van der Waals surface area contributed by atoms with Crippen molar-refractivity contribution in [2.24, 2.45) is 5.92 Å². The van der Waals surface area contributed by atoms with E-state index in [2.05, 4.69) is 10.6 Å². The van der Waals surface area contributed by atoms with Gasteiger partial charge in [-0.2, -0.15) is 0 Å². The Labute approximate surface area is 78.7 Å². The van der Waals surface area contributed by atoms with Crippen molar-refractivity contribution < 1.29 is 15.2 Å². The molecule has 1 rings (SSSR count). The normalized spacial score (nSPS) is 21.1. The van der Waals surface area contributed by atoms with Crippen LogP contribution in [-0.2, 0) is 4.79 Å². The summed E-state index contributed by atoms with van der Waals surface area (Å²) in [6.45, 7) is 4.15. The Morgan fingerprint density at radius 2 is 2.23 bits per heavy atom. The summed E-state index contributed by atoms with van der Waals surface area (Å²) in [5.41, 5.74) is 0. The van der Waals surface area contributed by atoms with Gasteiger partial charge in [-0.1, -0.05) is 0 Å². The van der Waals surface area contributed by atoms with E-state index in [1.165, 1.54) is 0 Å². The second-order valence-electron chi connectivity index (χ2n) is 3.73. The molecule has 0 aromatic rings. The van der Waals surface area contributed by atoms with Gasteiger partial charge in [0.15, 0.2) is 0 Å². The van der Waals surface area contributed by atoms with Crippen LogP contribution in [0.4, 0.5) is 0 Å². The number of carbonyl (C=O) groups excluding carboxylic acids is 1. The molecule has 1 aliphatic rings. The first kappa shape index (κ1) is 10.5. The average molecular weight is 187 g/mol. The highest BCUT2D eigenvalue weighted by atomic mass is 16.3. The fraction of sp³-hybridized carbons (Fsp3) is 0.889. The topological polar surface area (TPSA) is 65.9 Å². The maximum atomic E-state index is 11.5. The summed E-state index contributed by atoms with van der Waals surface area (Å²) in [5, 5.41) is 14.0. The largest absolute Gasteiger partial charge is 0.392 e. The van der Waals surface area contributed by atoms with E-state index < -0.39 is 6.10 Å². The highest BCUT2D eigenvalue weighted by Crippen LogP contribution is 2.08. The van der Waals surface area contributed by atoms with Gasteiger partial charge in [-0.25, -0.2) is 0 Å². The van der Waals surface area contributed by atoms with Crippen LogP contribution >= 0.6 is 0 Å². The van der Waals surface area contributed by atoms with Crippen molar-refractivity contribution in [2.75, 3.05) is 19.6 Å². The van der Waals surface area contributed by atoms with Crippen molar-refractivity contribution in [3.05, 3.63) is 0 Å². The molecular formula is C9H19N2O2+. The third-order valence-corrected chi connectivity index (χ3v) is 2.38. The van der Waals surface area contributed by atoms with E-state index in [0.717, 1.165) is 25.9 Å². The van der Waals surface area contributed by atoms with Crippen LogP contribution in [0.5, 0.6) is 0 Å². The number of carbonyl (C=O) groups is 1. The van der Waals surface area contributed by atoms with Gasteiger partial charge in [0.2, 0.25) is 5.91 Å². The summed E-state index contributed by atoms with van der Waals surface area (Å²) in [4.78, 5) is 11.5. The summed E-state index contributed by atoms with van der Waals surface area (Å²) >= 11 is 0. The van der Waals surface area contributed by atoms with E-state index in [9.17, 15) is 4.79 Å². The summed E-state index contributed by atoms with van der Waals surface area (Å²) in [6.07, 6.45) is 1.48. The van der Waals surface area contributed by atoms with Crippen molar-refractivity contribution in [2.45, 2.75) is 25.9 Å². The molecule has 4 N–H and O–H groups in total. The standard InChI is InChI=1S/C9H18N2O2/c1-7(12)6-11-9(13)8-2-4-10-5-3-8/h7-8,10,12H,2-6H2,1H3,(H,11,13)/p+1/t7-/m1/s1. The number of hydrogen-bond donors (Lipinski definition) is 3. The number of nitrogens with two attached hydrogens (primary N) is 1. The molecule has 0 unspecified atom stereocenters. The molecule has 13 heavy (non-hydrogen) atoms. The molecule has 0 saturated carbocycles. The van der Waals surface area contributed by atoms with Crippen LogP contribution in [0.15, 0.2) is 0 Å². The Hall–Kier alpha value is -0.610. The maximum absolute atomic E-state index is 11.5. The molecule has 0 aromatic carbocycles. The van der Waals surface area contributed by atoms with Gasteiger partial charge >= 0.3 is 0 Å². The second-order valence-corrected chi connectivity index (χ2v) is 3.73. The number of aliphatic hydroxyl groups excluding tert-OH is 1. The van der Waals surface area contributed by atoms with Gasteiger partial charge in [0.05, 0.1) is 19.2 Å². The fourth-order valence-corrected chi connectivity index (χ4v) is 1.58. The second kappa shape index (κ2) is 5.19. The zero-order valence-electron chi connectivity index (χ0n) is 8.12. The van der Waals surface area contributed by atoms with Gasteiger partial charge in [0.1, 0.15) is 0 Å². The van der Waals surface area contributed by atoms with E-state index >= 15 is 0 Å². The van der Waals surface area contributed by atoms with Gasteiger partial charge in [-0.05, 0) is 6.92 Å². The molecule has 0 aromatic heterocycles. The molecule has 1 amide bonds. The van der Waals surface area contributed by atoms with Gasteiger partial charge in [-0.3, -0.25) is 4.79 Å². The number of nitrogens with one attached hydrogen (secondary N) is 1. The predicted molar refractivity (Wildman–Crippen MR) is 49.1 cm³/mol. The fourth-order valence-electron chi connectivity index (χ4n) is 1.58. The van der Waals surface area contributed by atoms with Crippen LogP contribution in [-0.4, -0.2) is 36.8 Å². The van der Waals surface area contributed by atoms with Crippen molar-refractivity contribution in [3.8, 4) is 0 Å². The molecule has 0 bridgehead atoms. The zero-order valence-corrected chi connectivity index (χ0v) is 8.12. The molecule has 76 valence electrons. The van der Waals surface area contributed by atoms with Crippen molar-refractivity contribution in [1.82, 2.24) is 5.32 Å². The summed E-state index contributed by atoms with van der Waals surface area (Å²) in [5.74, 6) is 0.276. The number of aliphatic hydroxyl groups is 1. The molecule has 1 fully saturated rings.